The maximum absolute atomic E-state index is 9.39. The highest BCUT2D eigenvalue weighted by Crippen LogP contribution is 2.21. The van der Waals surface area contributed by atoms with Crippen LogP contribution in [-0.2, 0) is 6.54 Å². The van der Waals surface area contributed by atoms with Crippen LogP contribution in [0.25, 0.3) is 11.3 Å². The first-order chi connectivity index (χ1) is 11.3. The first kappa shape index (κ1) is 18.4. The molecule has 0 aliphatic rings. The van der Waals surface area contributed by atoms with Gasteiger partial charge in [-0.2, -0.15) is 0 Å². The van der Waals surface area contributed by atoms with E-state index in [0.717, 1.165) is 27.5 Å². The molecule has 4 nitrogen and oxygen atoms in total. The summed E-state index contributed by atoms with van der Waals surface area (Å²) >= 11 is 1.57. The zero-order chi connectivity index (χ0) is 16.1. The second kappa shape index (κ2) is 8.82. The number of aliphatic hydroxyl groups excluding tert-OH is 1. The van der Waals surface area contributed by atoms with Gasteiger partial charge < -0.3 is 31.4 Å². The van der Waals surface area contributed by atoms with Gasteiger partial charge >= 0.3 is 0 Å². The summed E-state index contributed by atoms with van der Waals surface area (Å²) < 4.78 is 7.21. The van der Waals surface area contributed by atoms with Crippen molar-refractivity contribution in [1.29, 1.82) is 0 Å². The van der Waals surface area contributed by atoms with Gasteiger partial charge in [-0.1, -0.05) is 30.3 Å². The number of halogens is 1. The van der Waals surface area contributed by atoms with E-state index in [0.29, 0.717) is 6.54 Å². The lowest BCUT2D eigenvalue weighted by Gasteiger charge is -2.07. The number of aliphatic hydroxyl groups is 1. The van der Waals surface area contributed by atoms with E-state index >= 15 is 0 Å². The molecule has 0 saturated heterocycles. The van der Waals surface area contributed by atoms with Crippen molar-refractivity contribution in [2.45, 2.75) is 6.54 Å². The average Bonchev–Trinajstić information content (AvgIpc) is 2.99. The van der Waals surface area contributed by atoms with Crippen LogP contribution in [-0.4, -0.2) is 23.4 Å². The van der Waals surface area contributed by atoms with Gasteiger partial charge in [-0.25, -0.2) is 4.99 Å². The molecular weight excluding hydrogens is 388 g/mol. The molecule has 126 valence electrons. The quantitative estimate of drug-likeness (QED) is 0.669. The molecular formula is C18H18BrN2O2S-. The molecule has 1 heterocycles. The van der Waals surface area contributed by atoms with Crippen LogP contribution in [0.2, 0.25) is 0 Å². The fourth-order valence-corrected chi connectivity index (χ4v) is 3.30. The highest BCUT2D eigenvalue weighted by molar-refractivity contribution is 7.07. The number of aromatic nitrogens is 1. The van der Waals surface area contributed by atoms with E-state index in [1.165, 1.54) is 0 Å². The summed E-state index contributed by atoms with van der Waals surface area (Å²) in [5, 5.41) is 11.5. The molecule has 0 bridgehead atoms. The summed E-state index contributed by atoms with van der Waals surface area (Å²) in [6.45, 7) is 0.592. The largest absolute Gasteiger partial charge is 1.00 e. The molecule has 3 aromatic rings. The van der Waals surface area contributed by atoms with Crippen LogP contribution in [0.3, 0.4) is 0 Å². The van der Waals surface area contributed by atoms with Gasteiger partial charge in [0.25, 0.3) is 0 Å². The lowest BCUT2D eigenvalue weighted by atomic mass is 10.2. The Bertz CT molecular complexity index is 826. The zero-order valence-corrected chi connectivity index (χ0v) is 15.6. The summed E-state index contributed by atoms with van der Waals surface area (Å²) in [5.74, 6) is 0.809. The van der Waals surface area contributed by atoms with Crippen molar-refractivity contribution in [2.75, 3.05) is 13.7 Å². The molecule has 1 N–H and O–H groups in total. The van der Waals surface area contributed by atoms with E-state index in [9.17, 15) is 5.11 Å². The van der Waals surface area contributed by atoms with Crippen LogP contribution in [0, 0.1) is 0 Å². The number of rotatable bonds is 5. The Kier molecular flexibility index (Phi) is 6.78. The summed E-state index contributed by atoms with van der Waals surface area (Å²) in [5.41, 5.74) is 3.05. The monoisotopic (exact) mass is 405 g/mol. The van der Waals surface area contributed by atoms with Crippen LogP contribution in [0.1, 0.15) is 0 Å². The minimum Gasteiger partial charge on any atom is -1.00 e. The number of benzene rings is 2. The molecule has 0 aliphatic carbocycles. The van der Waals surface area contributed by atoms with E-state index in [1.54, 1.807) is 18.4 Å². The van der Waals surface area contributed by atoms with Crippen LogP contribution in [0.4, 0.5) is 5.69 Å². The molecule has 24 heavy (non-hydrogen) atoms. The fourth-order valence-electron chi connectivity index (χ4n) is 2.34. The number of nitrogens with zero attached hydrogens (tertiary/aromatic N) is 2. The lowest BCUT2D eigenvalue weighted by molar-refractivity contribution is -0.00000600. The Morgan fingerprint density at radius 2 is 1.79 bits per heavy atom. The van der Waals surface area contributed by atoms with Gasteiger partial charge in [0, 0.05) is 11.9 Å². The average molecular weight is 406 g/mol. The third kappa shape index (κ3) is 4.14. The Balaban J connectivity index is 0.00000208. The molecule has 0 amide bonds. The molecule has 0 spiro atoms. The molecule has 1 aromatic heterocycles. The first-order valence-corrected chi connectivity index (χ1v) is 8.23. The summed E-state index contributed by atoms with van der Waals surface area (Å²) in [7, 11) is 1.65. The van der Waals surface area contributed by atoms with E-state index in [1.807, 2.05) is 47.0 Å². The predicted octanol–water partition coefficient (Wildman–Crippen LogP) is 0.454. The molecule has 0 saturated carbocycles. The van der Waals surface area contributed by atoms with Crippen molar-refractivity contribution in [3.63, 3.8) is 0 Å². The Morgan fingerprint density at radius 3 is 2.42 bits per heavy atom. The molecule has 0 radical (unpaired) electrons. The predicted molar refractivity (Wildman–Crippen MR) is 93.0 cm³/mol. The normalized spacial score (nSPS) is 11.2. The van der Waals surface area contributed by atoms with Crippen LogP contribution < -0.4 is 26.5 Å². The molecule has 2 aromatic carbocycles. The molecule has 0 aliphatic heterocycles. The summed E-state index contributed by atoms with van der Waals surface area (Å²) in [6.07, 6.45) is 0. The Hall–Kier alpha value is -1.89. The molecule has 0 fully saturated rings. The second-order valence-electron chi connectivity index (χ2n) is 4.95. The molecule has 0 unspecified atom stereocenters. The summed E-state index contributed by atoms with van der Waals surface area (Å²) in [4.78, 5) is 5.56. The third-order valence-corrected chi connectivity index (χ3v) is 4.35. The van der Waals surface area contributed by atoms with Crippen molar-refractivity contribution in [2.24, 2.45) is 4.99 Å². The Labute approximate surface area is 155 Å². The smallest absolute Gasteiger partial charge is 0.190 e. The first-order valence-electron chi connectivity index (χ1n) is 7.35. The highest BCUT2D eigenvalue weighted by atomic mass is 79.9. The SMILES string of the molecule is COc1ccc(N=c2scc(-c3ccccc3)n2CCO)cc1.[Br-]. The Morgan fingerprint density at radius 1 is 1.08 bits per heavy atom. The van der Waals surface area contributed by atoms with Gasteiger partial charge in [0.15, 0.2) is 4.80 Å². The van der Waals surface area contributed by atoms with Crippen molar-refractivity contribution in [3.05, 3.63) is 64.8 Å². The molecule has 0 atom stereocenters. The van der Waals surface area contributed by atoms with E-state index in [-0.39, 0.29) is 23.6 Å². The van der Waals surface area contributed by atoms with E-state index < -0.39 is 0 Å². The van der Waals surface area contributed by atoms with Crippen LogP contribution >= 0.6 is 11.3 Å². The molecule has 3 rings (SSSR count). The van der Waals surface area contributed by atoms with Crippen molar-refractivity contribution < 1.29 is 26.8 Å². The zero-order valence-electron chi connectivity index (χ0n) is 13.2. The van der Waals surface area contributed by atoms with Gasteiger partial charge in [-0.15, -0.1) is 11.3 Å². The lowest BCUT2D eigenvalue weighted by Crippen LogP contribution is -3.00. The topological polar surface area (TPSA) is 46.8 Å². The van der Waals surface area contributed by atoms with Gasteiger partial charge in [-0.05, 0) is 29.8 Å². The third-order valence-electron chi connectivity index (χ3n) is 3.49. The molecule has 6 heteroatoms. The number of hydrogen-bond acceptors (Lipinski definition) is 4. The van der Waals surface area contributed by atoms with E-state index in [2.05, 4.69) is 17.5 Å². The van der Waals surface area contributed by atoms with Gasteiger partial charge in [0.05, 0.1) is 25.1 Å². The minimum atomic E-state index is 0. The maximum atomic E-state index is 9.39. The number of hydrogen-bond donors (Lipinski definition) is 1. The maximum Gasteiger partial charge on any atom is 0.190 e. The van der Waals surface area contributed by atoms with Crippen LogP contribution in [0.5, 0.6) is 5.75 Å². The highest BCUT2D eigenvalue weighted by Gasteiger charge is 2.07. The van der Waals surface area contributed by atoms with Gasteiger partial charge in [0.1, 0.15) is 5.75 Å². The van der Waals surface area contributed by atoms with Crippen molar-refractivity contribution >= 4 is 17.0 Å². The number of thiazole rings is 1. The van der Waals surface area contributed by atoms with Crippen molar-refractivity contribution in [3.8, 4) is 17.0 Å². The minimum absolute atomic E-state index is 0. The van der Waals surface area contributed by atoms with E-state index in [4.69, 9.17) is 9.73 Å². The van der Waals surface area contributed by atoms with Gasteiger partial charge in [0.2, 0.25) is 0 Å². The standard InChI is InChI=1S/C18H18N2O2S.BrH/c1-22-16-9-7-15(8-10-16)19-18-20(11-12-21)17(13-23-18)14-5-3-2-4-6-14;/h2-10,13,21H,11-12H2,1H3;1H/p-1. The fraction of sp³-hybridized carbons (Fsp3) is 0.167. The van der Waals surface area contributed by atoms with Crippen LogP contribution in [0.15, 0.2) is 65.0 Å². The van der Waals surface area contributed by atoms with Crippen molar-refractivity contribution in [1.82, 2.24) is 4.57 Å². The summed E-state index contributed by atoms with van der Waals surface area (Å²) in [6, 6.07) is 17.8. The second-order valence-corrected chi connectivity index (χ2v) is 5.79. The number of methoxy groups -OCH3 is 1. The number of ether oxygens (including phenoxy) is 1. The van der Waals surface area contributed by atoms with Gasteiger partial charge in [-0.3, -0.25) is 0 Å².